The maximum atomic E-state index is 12.8. The molecule has 0 amide bonds. The fraction of sp³-hybridized carbons (Fsp3) is 0.150. The second-order valence-corrected chi connectivity index (χ2v) is 6.56. The number of anilines is 3. The minimum atomic E-state index is -4.40. The van der Waals surface area contributed by atoms with Crippen LogP contribution >= 0.6 is 0 Å². The molecular formula is C20H17F3N6O. The Morgan fingerprint density at radius 1 is 1.07 bits per heavy atom. The van der Waals surface area contributed by atoms with Crippen molar-refractivity contribution in [3.05, 3.63) is 59.9 Å². The number of benzene rings is 1. The van der Waals surface area contributed by atoms with Gasteiger partial charge in [-0.2, -0.15) is 23.3 Å². The van der Waals surface area contributed by atoms with Crippen LogP contribution in [0.1, 0.15) is 11.3 Å². The Morgan fingerprint density at radius 3 is 2.47 bits per heavy atom. The monoisotopic (exact) mass is 414 g/mol. The molecular weight excluding hydrogens is 397 g/mol. The molecule has 0 radical (unpaired) electrons. The zero-order chi connectivity index (χ0) is 21.5. The smallest absolute Gasteiger partial charge is 0.416 e. The first kappa shape index (κ1) is 19.5. The van der Waals surface area contributed by atoms with Crippen LogP contribution in [0.2, 0.25) is 0 Å². The number of fused-ring (bicyclic) bond motifs is 1. The highest BCUT2D eigenvalue weighted by molar-refractivity contribution is 5.82. The predicted molar refractivity (Wildman–Crippen MR) is 107 cm³/mol. The topological polar surface area (TPSA) is 90.4 Å². The van der Waals surface area contributed by atoms with Gasteiger partial charge in [-0.3, -0.25) is 0 Å². The van der Waals surface area contributed by atoms with E-state index >= 15 is 0 Å². The van der Waals surface area contributed by atoms with Gasteiger partial charge in [-0.05, 0) is 37.3 Å². The Labute approximate surface area is 169 Å². The molecule has 4 aromatic rings. The molecule has 7 nitrogen and oxygen atoms in total. The number of hydrogen-bond donors (Lipinski definition) is 2. The van der Waals surface area contributed by atoms with Gasteiger partial charge in [-0.1, -0.05) is 0 Å². The van der Waals surface area contributed by atoms with Crippen molar-refractivity contribution in [1.82, 2.24) is 19.6 Å². The molecule has 0 bridgehead atoms. The van der Waals surface area contributed by atoms with E-state index in [0.29, 0.717) is 17.1 Å². The molecule has 3 heterocycles. The normalized spacial score (nSPS) is 11.6. The highest BCUT2D eigenvalue weighted by Gasteiger charge is 2.30. The van der Waals surface area contributed by atoms with Gasteiger partial charge in [0.05, 0.1) is 29.6 Å². The average Bonchev–Trinajstić information content (AvgIpc) is 3.02. The molecule has 0 spiro atoms. The maximum absolute atomic E-state index is 12.8. The second-order valence-electron chi connectivity index (χ2n) is 6.56. The van der Waals surface area contributed by atoms with Crippen molar-refractivity contribution in [3.8, 4) is 17.0 Å². The minimum absolute atomic E-state index is 0.159. The van der Waals surface area contributed by atoms with E-state index in [1.54, 1.807) is 30.0 Å². The Hall–Kier alpha value is -3.82. The summed E-state index contributed by atoms with van der Waals surface area (Å²) in [7, 11) is 1.57. The van der Waals surface area contributed by atoms with E-state index in [2.05, 4.69) is 20.4 Å². The predicted octanol–water partition coefficient (Wildman–Crippen LogP) is 4.45. The SMILES string of the molecule is COc1ccn2nc(C)c(-c3cc(N)nc(Nc4ccc(C(F)(F)F)cc4)n3)c2c1. The van der Waals surface area contributed by atoms with Crippen LogP contribution < -0.4 is 15.8 Å². The van der Waals surface area contributed by atoms with E-state index in [1.807, 2.05) is 13.0 Å². The lowest BCUT2D eigenvalue weighted by Gasteiger charge is -2.10. The van der Waals surface area contributed by atoms with Gasteiger partial charge in [0.25, 0.3) is 0 Å². The molecule has 0 aliphatic rings. The summed E-state index contributed by atoms with van der Waals surface area (Å²) in [5.41, 5.74) is 8.39. The van der Waals surface area contributed by atoms with E-state index in [4.69, 9.17) is 10.5 Å². The molecule has 1 aromatic carbocycles. The standard InChI is InChI=1S/C20H17F3N6O/c1-11-18(16-9-14(30-2)7-8-29(16)28-11)15-10-17(24)27-19(26-15)25-13-5-3-12(4-6-13)20(21,22)23/h3-10H,1-2H3,(H3,24,25,26,27). The number of rotatable bonds is 4. The molecule has 0 aliphatic heterocycles. The Morgan fingerprint density at radius 2 is 1.80 bits per heavy atom. The first-order valence-corrected chi connectivity index (χ1v) is 8.87. The number of hydrogen-bond acceptors (Lipinski definition) is 6. The number of ether oxygens (including phenoxy) is 1. The van der Waals surface area contributed by atoms with E-state index in [1.165, 1.54) is 12.1 Å². The zero-order valence-corrected chi connectivity index (χ0v) is 16.0. The van der Waals surface area contributed by atoms with Crippen LogP contribution in [0, 0.1) is 6.92 Å². The molecule has 30 heavy (non-hydrogen) atoms. The van der Waals surface area contributed by atoms with Crippen LogP contribution in [-0.4, -0.2) is 26.7 Å². The molecule has 4 rings (SSSR count). The van der Waals surface area contributed by atoms with Gasteiger partial charge in [0, 0.05) is 29.6 Å². The summed E-state index contributed by atoms with van der Waals surface area (Å²) in [6.45, 7) is 1.84. The highest BCUT2D eigenvalue weighted by Crippen LogP contribution is 2.32. The van der Waals surface area contributed by atoms with Gasteiger partial charge < -0.3 is 15.8 Å². The van der Waals surface area contributed by atoms with Crippen molar-refractivity contribution >= 4 is 23.0 Å². The molecule has 0 unspecified atom stereocenters. The summed E-state index contributed by atoms with van der Waals surface area (Å²) >= 11 is 0. The molecule has 0 fully saturated rings. The summed E-state index contributed by atoms with van der Waals surface area (Å²) < 4.78 is 45.2. The van der Waals surface area contributed by atoms with Gasteiger partial charge in [0.15, 0.2) is 0 Å². The van der Waals surface area contributed by atoms with Crippen molar-refractivity contribution < 1.29 is 17.9 Å². The molecule has 154 valence electrons. The van der Waals surface area contributed by atoms with E-state index in [-0.39, 0.29) is 11.8 Å². The Bertz CT molecular complexity index is 1220. The van der Waals surface area contributed by atoms with Gasteiger partial charge in [-0.15, -0.1) is 0 Å². The summed E-state index contributed by atoms with van der Waals surface area (Å²) in [6, 6.07) is 9.81. The van der Waals surface area contributed by atoms with Gasteiger partial charge in [0.1, 0.15) is 11.6 Å². The third-order valence-corrected chi connectivity index (χ3v) is 4.49. The molecule has 3 aromatic heterocycles. The van der Waals surface area contributed by atoms with Gasteiger partial charge in [-0.25, -0.2) is 9.50 Å². The molecule has 3 N–H and O–H groups in total. The molecule has 0 aliphatic carbocycles. The summed E-state index contributed by atoms with van der Waals surface area (Å²) in [5, 5.41) is 7.37. The quantitative estimate of drug-likeness (QED) is 0.513. The van der Waals surface area contributed by atoms with Crippen molar-refractivity contribution in [2.75, 3.05) is 18.2 Å². The molecule has 0 saturated heterocycles. The lowest BCUT2D eigenvalue weighted by atomic mass is 10.1. The highest BCUT2D eigenvalue weighted by atomic mass is 19.4. The largest absolute Gasteiger partial charge is 0.497 e. The van der Waals surface area contributed by atoms with Crippen molar-refractivity contribution in [2.45, 2.75) is 13.1 Å². The number of pyridine rings is 1. The van der Waals surface area contributed by atoms with Crippen molar-refractivity contribution in [1.29, 1.82) is 0 Å². The van der Waals surface area contributed by atoms with Crippen LogP contribution in [-0.2, 0) is 6.18 Å². The van der Waals surface area contributed by atoms with Gasteiger partial charge >= 0.3 is 6.18 Å². The van der Waals surface area contributed by atoms with Crippen molar-refractivity contribution in [3.63, 3.8) is 0 Å². The minimum Gasteiger partial charge on any atom is -0.497 e. The average molecular weight is 414 g/mol. The van der Waals surface area contributed by atoms with Crippen LogP contribution in [0.15, 0.2) is 48.7 Å². The van der Waals surface area contributed by atoms with E-state index in [0.717, 1.165) is 28.9 Å². The van der Waals surface area contributed by atoms with Crippen LogP contribution in [0.3, 0.4) is 0 Å². The third kappa shape index (κ3) is 3.71. The van der Waals surface area contributed by atoms with E-state index < -0.39 is 11.7 Å². The Balaban J connectivity index is 1.72. The number of nitrogens with one attached hydrogen (secondary N) is 1. The molecule has 0 saturated carbocycles. The van der Waals surface area contributed by atoms with Crippen molar-refractivity contribution in [2.24, 2.45) is 0 Å². The lowest BCUT2D eigenvalue weighted by molar-refractivity contribution is -0.137. The number of alkyl halides is 3. The number of halogens is 3. The summed E-state index contributed by atoms with van der Waals surface area (Å²) in [6.07, 6.45) is -2.63. The number of nitrogen functional groups attached to an aromatic ring is 1. The first-order valence-electron chi connectivity index (χ1n) is 8.87. The summed E-state index contributed by atoms with van der Waals surface area (Å²) in [5.74, 6) is 1.02. The Kier molecular flexibility index (Phi) is 4.69. The lowest BCUT2D eigenvalue weighted by Crippen LogP contribution is -2.05. The fourth-order valence-corrected chi connectivity index (χ4v) is 3.11. The number of methoxy groups -OCH3 is 1. The molecule has 10 heteroatoms. The molecule has 0 atom stereocenters. The third-order valence-electron chi connectivity index (χ3n) is 4.49. The maximum Gasteiger partial charge on any atom is 0.416 e. The number of nitrogens with two attached hydrogens (primary N) is 1. The number of aromatic nitrogens is 4. The second kappa shape index (κ2) is 7.21. The van der Waals surface area contributed by atoms with Crippen LogP contribution in [0.4, 0.5) is 30.6 Å². The number of aryl methyl sites for hydroxylation is 1. The summed E-state index contributed by atoms with van der Waals surface area (Å²) in [4.78, 5) is 8.63. The fourth-order valence-electron chi connectivity index (χ4n) is 3.11. The van der Waals surface area contributed by atoms with Crippen LogP contribution in [0.5, 0.6) is 5.75 Å². The van der Waals surface area contributed by atoms with Crippen LogP contribution in [0.25, 0.3) is 16.8 Å². The zero-order valence-electron chi connectivity index (χ0n) is 16.0. The van der Waals surface area contributed by atoms with E-state index in [9.17, 15) is 13.2 Å². The number of nitrogens with zero attached hydrogens (tertiary/aromatic N) is 4. The first-order chi connectivity index (χ1) is 14.2. The van der Waals surface area contributed by atoms with Gasteiger partial charge in [0.2, 0.25) is 5.95 Å².